The van der Waals surface area contributed by atoms with Crippen LogP contribution in [-0.2, 0) is 6.54 Å². The molecular weight excluding hydrogens is 431 g/mol. The molecule has 0 aromatic heterocycles. The molecule has 0 saturated carbocycles. The summed E-state index contributed by atoms with van der Waals surface area (Å²) in [7, 11) is 0. The first-order valence-corrected chi connectivity index (χ1v) is 9.61. The summed E-state index contributed by atoms with van der Waals surface area (Å²) in [5.41, 5.74) is 2.58. The van der Waals surface area contributed by atoms with E-state index in [1.807, 2.05) is 11.8 Å². The van der Waals surface area contributed by atoms with Gasteiger partial charge in [-0.05, 0) is 45.4 Å². The third-order valence-electron chi connectivity index (χ3n) is 3.57. The van der Waals surface area contributed by atoms with Crippen LogP contribution in [0.4, 0.5) is 5.69 Å². The van der Waals surface area contributed by atoms with Gasteiger partial charge in [-0.3, -0.25) is 0 Å². The maximum atomic E-state index is 4.69. The predicted octanol–water partition coefficient (Wildman–Crippen LogP) is 3.71. The van der Waals surface area contributed by atoms with Crippen molar-refractivity contribution in [2.24, 2.45) is 4.99 Å². The highest BCUT2D eigenvalue weighted by Crippen LogP contribution is 2.20. The van der Waals surface area contributed by atoms with Gasteiger partial charge in [0.15, 0.2) is 5.96 Å². The van der Waals surface area contributed by atoms with E-state index in [4.69, 9.17) is 0 Å². The van der Waals surface area contributed by atoms with Gasteiger partial charge < -0.3 is 15.5 Å². The normalized spacial score (nSPS) is 15.7. The van der Waals surface area contributed by atoms with Crippen LogP contribution in [-0.4, -0.2) is 42.6 Å². The van der Waals surface area contributed by atoms with Gasteiger partial charge in [0.05, 0.1) is 6.54 Å². The first kappa shape index (κ1) is 21.4. The second-order valence-electron chi connectivity index (χ2n) is 6.84. The molecule has 2 rings (SSSR count). The largest absolute Gasteiger partial charge is 0.370 e. The lowest BCUT2D eigenvalue weighted by Gasteiger charge is -2.28. The third kappa shape index (κ3) is 7.51. The number of nitrogens with zero attached hydrogens (tertiary/aromatic N) is 2. The maximum Gasteiger partial charge on any atom is 0.191 e. The van der Waals surface area contributed by atoms with Crippen LogP contribution >= 0.6 is 35.7 Å². The van der Waals surface area contributed by atoms with Crippen LogP contribution in [0, 0.1) is 0 Å². The number of rotatable bonds is 4. The summed E-state index contributed by atoms with van der Waals surface area (Å²) in [5.74, 6) is 3.34. The molecule has 1 heterocycles. The molecule has 0 spiro atoms. The monoisotopic (exact) mass is 462 g/mol. The van der Waals surface area contributed by atoms with Crippen LogP contribution < -0.4 is 15.5 Å². The Morgan fingerprint density at radius 3 is 2.33 bits per heavy atom. The standard InChI is InChI=1S/C18H30N4S.HI/c1-5-19-17(21-18(2,3)4)20-14-15-6-8-16(9-7-15)22-10-12-23-13-11-22;/h6-9H,5,10-14H2,1-4H3,(H2,19,20,21);1H. The van der Waals surface area contributed by atoms with Crippen molar-refractivity contribution < 1.29 is 0 Å². The average Bonchev–Trinajstić information content (AvgIpc) is 2.53. The Labute approximate surface area is 168 Å². The molecule has 1 aromatic rings. The molecule has 1 aromatic carbocycles. The molecule has 1 saturated heterocycles. The van der Waals surface area contributed by atoms with Gasteiger partial charge >= 0.3 is 0 Å². The summed E-state index contributed by atoms with van der Waals surface area (Å²) in [6, 6.07) is 8.85. The Balaban J connectivity index is 0.00000288. The zero-order chi connectivity index (χ0) is 16.7. The molecule has 2 N–H and O–H groups in total. The van der Waals surface area contributed by atoms with Crippen molar-refractivity contribution in [2.75, 3.05) is 36.0 Å². The van der Waals surface area contributed by atoms with Gasteiger partial charge in [-0.1, -0.05) is 12.1 Å². The van der Waals surface area contributed by atoms with Crippen molar-refractivity contribution in [1.82, 2.24) is 10.6 Å². The third-order valence-corrected chi connectivity index (χ3v) is 4.51. The van der Waals surface area contributed by atoms with Gasteiger partial charge in [-0.15, -0.1) is 24.0 Å². The van der Waals surface area contributed by atoms with Crippen LogP contribution in [0.25, 0.3) is 0 Å². The number of guanidine groups is 1. The Hall–Kier alpha value is -0.630. The Morgan fingerprint density at radius 1 is 1.17 bits per heavy atom. The lowest BCUT2D eigenvalue weighted by Crippen LogP contribution is -2.47. The van der Waals surface area contributed by atoms with Crippen LogP contribution in [0.3, 0.4) is 0 Å². The number of aliphatic imine (C=N–C) groups is 1. The Bertz CT molecular complexity index is 505. The van der Waals surface area contributed by atoms with E-state index in [0.717, 1.165) is 25.6 Å². The summed E-state index contributed by atoms with van der Waals surface area (Å²) in [6.45, 7) is 12.4. The molecule has 0 atom stereocenters. The second-order valence-corrected chi connectivity index (χ2v) is 8.06. The molecule has 0 amide bonds. The first-order valence-electron chi connectivity index (χ1n) is 8.46. The minimum atomic E-state index is 0. The predicted molar refractivity (Wildman–Crippen MR) is 119 cm³/mol. The average molecular weight is 462 g/mol. The Kier molecular flexibility index (Phi) is 9.26. The molecule has 0 radical (unpaired) electrons. The minimum absolute atomic E-state index is 0. The van der Waals surface area contributed by atoms with E-state index in [2.05, 4.69) is 72.5 Å². The highest BCUT2D eigenvalue weighted by Gasteiger charge is 2.12. The SMILES string of the molecule is CCNC(=NCc1ccc(N2CCSCC2)cc1)NC(C)(C)C.I. The first-order chi connectivity index (χ1) is 11.0. The van der Waals surface area contributed by atoms with Crippen molar-refractivity contribution in [3.05, 3.63) is 29.8 Å². The van der Waals surface area contributed by atoms with Crippen LogP contribution in [0.2, 0.25) is 0 Å². The van der Waals surface area contributed by atoms with Gasteiger partial charge in [-0.25, -0.2) is 4.99 Å². The lowest BCUT2D eigenvalue weighted by atomic mass is 10.1. The zero-order valence-corrected chi connectivity index (χ0v) is 18.4. The van der Waals surface area contributed by atoms with Crippen LogP contribution in [0.15, 0.2) is 29.3 Å². The summed E-state index contributed by atoms with van der Waals surface area (Å²) in [6.07, 6.45) is 0. The van der Waals surface area contributed by atoms with E-state index in [-0.39, 0.29) is 29.5 Å². The summed E-state index contributed by atoms with van der Waals surface area (Å²) in [5, 5.41) is 6.72. The summed E-state index contributed by atoms with van der Waals surface area (Å²) in [4.78, 5) is 7.16. The number of nitrogens with one attached hydrogen (secondary N) is 2. The summed E-state index contributed by atoms with van der Waals surface area (Å²) < 4.78 is 0. The smallest absolute Gasteiger partial charge is 0.191 e. The zero-order valence-electron chi connectivity index (χ0n) is 15.3. The van der Waals surface area contributed by atoms with Crippen molar-refractivity contribution in [3.8, 4) is 0 Å². The fourth-order valence-corrected chi connectivity index (χ4v) is 3.37. The second kappa shape index (κ2) is 10.4. The van der Waals surface area contributed by atoms with E-state index < -0.39 is 0 Å². The molecule has 136 valence electrons. The quantitative estimate of drug-likeness (QED) is 0.407. The number of halogens is 1. The van der Waals surface area contributed by atoms with E-state index in [0.29, 0.717) is 6.54 Å². The molecule has 6 heteroatoms. The molecule has 24 heavy (non-hydrogen) atoms. The number of anilines is 1. The number of hydrogen-bond acceptors (Lipinski definition) is 3. The lowest BCUT2D eigenvalue weighted by molar-refractivity contribution is 0.501. The molecule has 0 aliphatic carbocycles. The minimum Gasteiger partial charge on any atom is -0.370 e. The molecule has 1 fully saturated rings. The van der Waals surface area contributed by atoms with Crippen molar-refractivity contribution in [3.63, 3.8) is 0 Å². The molecule has 0 bridgehead atoms. The van der Waals surface area contributed by atoms with Gasteiger partial charge in [0.25, 0.3) is 0 Å². The topological polar surface area (TPSA) is 39.7 Å². The van der Waals surface area contributed by atoms with Crippen LogP contribution in [0.5, 0.6) is 0 Å². The van der Waals surface area contributed by atoms with Crippen LogP contribution in [0.1, 0.15) is 33.3 Å². The van der Waals surface area contributed by atoms with Crippen molar-refractivity contribution >= 4 is 47.4 Å². The van der Waals surface area contributed by atoms with E-state index in [1.165, 1.54) is 22.8 Å². The highest BCUT2D eigenvalue weighted by molar-refractivity contribution is 14.0. The van der Waals surface area contributed by atoms with Gasteiger partial charge in [0, 0.05) is 42.4 Å². The maximum absolute atomic E-state index is 4.69. The summed E-state index contributed by atoms with van der Waals surface area (Å²) >= 11 is 2.04. The van der Waals surface area contributed by atoms with Gasteiger partial charge in [0.1, 0.15) is 0 Å². The van der Waals surface area contributed by atoms with E-state index in [1.54, 1.807) is 0 Å². The molecule has 1 aliphatic heterocycles. The molecular formula is C18H31IN4S. The van der Waals surface area contributed by atoms with Gasteiger partial charge in [-0.2, -0.15) is 11.8 Å². The fraction of sp³-hybridized carbons (Fsp3) is 0.611. The number of thioether (sulfide) groups is 1. The number of hydrogen-bond donors (Lipinski definition) is 2. The highest BCUT2D eigenvalue weighted by atomic mass is 127. The number of benzene rings is 1. The molecule has 0 unspecified atom stereocenters. The van der Waals surface area contributed by atoms with Gasteiger partial charge in [0.2, 0.25) is 0 Å². The molecule has 4 nitrogen and oxygen atoms in total. The van der Waals surface area contributed by atoms with Crippen molar-refractivity contribution in [2.45, 2.75) is 39.8 Å². The Morgan fingerprint density at radius 2 is 1.79 bits per heavy atom. The fourth-order valence-electron chi connectivity index (χ4n) is 2.47. The van der Waals surface area contributed by atoms with E-state index >= 15 is 0 Å². The van der Waals surface area contributed by atoms with E-state index in [9.17, 15) is 0 Å². The van der Waals surface area contributed by atoms with Crippen molar-refractivity contribution in [1.29, 1.82) is 0 Å². The molecule has 1 aliphatic rings.